The second-order valence-corrected chi connectivity index (χ2v) is 5.34. The minimum atomic E-state index is -0.201. The standard InChI is InChI=1S/C17H28N2O3/c1-4-6-9-19(10-11-20)17(21)18-15-8-7-14(3)13-16(15)22-12-5-2/h7-8,13,20H,4-6,9-12H2,1-3H3,(H,18,21). The van der Waals surface area contributed by atoms with Gasteiger partial charge in [-0.15, -0.1) is 0 Å². The second kappa shape index (κ2) is 10.1. The Balaban J connectivity index is 2.79. The Kier molecular flexibility index (Phi) is 8.36. The van der Waals surface area contributed by atoms with Crippen molar-refractivity contribution in [3.8, 4) is 5.75 Å². The molecule has 0 atom stereocenters. The zero-order chi connectivity index (χ0) is 16.4. The highest BCUT2D eigenvalue weighted by Crippen LogP contribution is 2.26. The van der Waals surface area contributed by atoms with Crippen LogP contribution in [0.1, 0.15) is 38.7 Å². The fourth-order valence-corrected chi connectivity index (χ4v) is 2.04. The monoisotopic (exact) mass is 308 g/mol. The lowest BCUT2D eigenvalue weighted by atomic mass is 10.2. The van der Waals surface area contributed by atoms with Gasteiger partial charge in [0, 0.05) is 13.1 Å². The van der Waals surface area contributed by atoms with E-state index < -0.39 is 0 Å². The van der Waals surface area contributed by atoms with Crippen LogP contribution < -0.4 is 10.1 Å². The van der Waals surface area contributed by atoms with Gasteiger partial charge < -0.3 is 20.1 Å². The molecule has 124 valence electrons. The van der Waals surface area contributed by atoms with Crippen molar-refractivity contribution < 1.29 is 14.6 Å². The smallest absolute Gasteiger partial charge is 0.322 e. The lowest BCUT2D eigenvalue weighted by molar-refractivity contribution is 0.187. The fraction of sp³-hybridized carbons (Fsp3) is 0.588. The molecule has 5 heteroatoms. The molecule has 0 spiro atoms. The van der Waals surface area contributed by atoms with E-state index in [4.69, 9.17) is 9.84 Å². The van der Waals surface area contributed by atoms with Crippen LogP contribution in [-0.4, -0.2) is 42.3 Å². The molecule has 0 unspecified atom stereocenters. The summed E-state index contributed by atoms with van der Waals surface area (Å²) in [4.78, 5) is 14.0. The third-order valence-corrected chi connectivity index (χ3v) is 3.28. The largest absolute Gasteiger partial charge is 0.491 e. The van der Waals surface area contributed by atoms with Crippen molar-refractivity contribution in [2.45, 2.75) is 40.0 Å². The van der Waals surface area contributed by atoms with Crippen molar-refractivity contribution in [2.24, 2.45) is 0 Å². The SMILES string of the molecule is CCCCN(CCO)C(=O)Nc1ccc(C)cc1OCCC. The van der Waals surface area contributed by atoms with Crippen LogP contribution in [0, 0.1) is 6.92 Å². The maximum atomic E-state index is 12.4. The fourth-order valence-electron chi connectivity index (χ4n) is 2.04. The summed E-state index contributed by atoms with van der Waals surface area (Å²) < 4.78 is 5.71. The topological polar surface area (TPSA) is 61.8 Å². The zero-order valence-electron chi connectivity index (χ0n) is 13.9. The van der Waals surface area contributed by atoms with Gasteiger partial charge in [0.25, 0.3) is 0 Å². The van der Waals surface area contributed by atoms with E-state index in [1.165, 1.54) is 0 Å². The minimum Gasteiger partial charge on any atom is -0.491 e. The van der Waals surface area contributed by atoms with Gasteiger partial charge in [-0.3, -0.25) is 0 Å². The van der Waals surface area contributed by atoms with Crippen LogP contribution in [0.4, 0.5) is 10.5 Å². The van der Waals surface area contributed by atoms with E-state index in [9.17, 15) is 4.79 Å². The van der Waals surface area contributed by atoms with E-state index in [1.807, 2.05) is 32.0 Å². The van der Waals surface area contributed by atoms with E-state index in [-0.39, 0.29) is 12.6 Å². The Morgan fingerprint density at radius 3 is 2.68 bits per heavy atom. The van der Waals surface area contributed by atoms with Gasteiger partial charge in [-0.2, -0.15) is 0 Å². The van der Waals surface area contributed by atoms with Crippen LogP contribution in [0.25, 0.3) is 0 Å². The number of benzene rings is 1. The molecule has 0 radical (unpaired) electrons. The molecule has 1 aromatic rings. The molecule has 0 aliphatic carbocycles. The molecule has 0 aliphatic rings. The molecule has 1 rings (SSSR count). The first-order chi connectivity index (χ1) is 10.6. The third-order valence-electron chi connectivity index (χ3n) is 3.28. The molecule has 0 saturated heterocycles. The summed E-state index contributed by atoms with van der Waals surface area (Å²) in [5, 5.41) is 12.0. The number of aliphatic hydroxyl groups excluding tert-OH is 1. The van der Waals surface area contributed by atoms with E-state index in [2.05, 4.69) is 12.2 Å². The maximum Gasteiger partial charge on any atom is 0.322 e. The van der Waals surface area contributed by atoms with Gasteiger partial charge in [0.2, 0.25) is 0 Å². The Morgan fingerprint density at radius 1 is 1.27 bits per heavy atom. The number of carbonyl (C=O) groups is 1. The number of hydrogen-bond donors (Lipinski definition) is 2. The number of urea groups is 1. The van der Waals surface area contributed by atoms with Crippen LogP contribution in [0.5, 0.6) is 5.75 Å². The van der Waals surface area contributed by atoms with Crippen LogP contribution in [0.15, 0.2) is 18.2 Å². The molecule has 2 amide bonds. The lowest BCUT2D eigenvalue weighted by Gasteiger charge is -2.23. The zero-order valence-corrected chi connectivity index (χ0v) is 13.9. The van der Waals surface area contributed by atoms with Gasteiger partial charge in [-0.25, -0.2) is 4.79 Å². The molecule has 0 saturated carbocycles. The summed E-state index contributed by atoms with van der Waals surface area (Å²) >= 11 is 0. The van der Waals surface area contributed by atoms with E-state index >= 15 is 0 Å². The van der Waals surface area contributed by atoms with E-state index in [1.54, 1.807) is 4.90 Å². The van der Waals surface area contributed by atoms with E-state index in [0.717, 1.165) is 24.8 Å². The summed E-state index contributed by atoms with van der Waals surface area (Å²) in [5.41, 5.74) is 1.76. The van der Waals surface area contributed by atoms with Gasteiger partial charge in [-0.05, 0) is 37.5 Å². The molecule has 22 heavy (non-hydrogen) atoms. The average Bonchev–Trinajstić information content (AvgIpc) is 2.51. The molecule has 0 fully saturated rings. The first-order valence-electron chi connectivity index (χ1n) is 8.02. The number of hydrogen-bond acceptors (Lipinski definition) is 3. The van der Waals surface area contributed by atoms with Crippen LogP contribution >= 0.6 is 0 Å². The van der Waals surface area contributed by atoms with Crippen molar-refractivity contribution in [1.82, 2.24) is 4.90 Å². The first-order valence-corrected chi connectivity index (χ1v) is 8.02. The van der Waals surface area contributed by atoms with Crippen LogP contribution in [0.3, 0.4) is 0 Å². The summed E-state index contributed by atoms with van der Waals surface area (Å²) in [6.07, 6.45) is 2.83. The lowest BCUT2D eigenvalue weighted by Crippen LogP contribution is -2.37. The number of aryl methyl sites for hydroxylation is 1. The number of anilines is 1. The summed E-state index contributed by atoms with van der Waals surface area (Å²) in [6.45, 7) is 7.66. The van der Waals surface area contributed by atoms with Gasteiger partial charge in [0.15, 0.2) is 0 Å². The van der Waals surface area contributed by atoms with Gasteiger partial charge in [0.1, 0.15) is 5.75 Å². The number of ether oxygens (including phenoxy) is 1. The highest BCUT2D eigenvalue weighted by atomic mass is 16.5. The maximum absolute atomic E-state index is 12.4. The molecular weight excluding hydrogens is 280 g/mol. The number of unbranched alkanes of at least 4 members (excludes halogenated alkanes) is 1. The molecular formula is C17H28N2O3. The summed E-state index contributed by atoms with van der Waals surface area (Å²) in [6, 6.07) is 5.52. The molecule has 0 aromatic heterocycles. The number of nitrogens with zero attached hydrogens (tertiary/aromatic N) is 1. The van der Waals surface area contributed by atoms with Crippen molar-refractivity contribution in [3.05, 3.63) is 23.8 Å². The average molecular weight is 308 g/mol. The van der Waals surface area contributed by atoms with Crippen LogP contribution in [0.2, 0.25) is 0 Å². The Hall–Kier alpha value is -1.75. The number of nitrogens with one attached hydrogen (secondary N) is 1. The van der Waals surface area contributed by atoms with Crippen LogP contribution in [-0.2, 0) is 0 Å². The molecule has 2 N–H and O–H groups in total. The predicted molar refractivity (Wildman–Crippen MR) is 89.6 cm³/mol. The van der Waals surface area contributed by atoms with Gasteiger partial charge >= 0.3 is 6.03 Å². The highest BCUT2D eigenvalue weighted by Gasteiger charge is 2.14. The Morgan fingerprint density at radius 2 is 2.05 bits per heavy atom. The number of carbonyl (C=O) groups excluding carboxylic acids is 1. The van der Waals surface area contributed by atoms with Crippen molar-refractivity contribution in [1.29, 1.82) is 0 Å². The van der Waals surface area contributed by atoms with Crippen molar-refractivity contribution in [3.63, 3.8) is 0 Å². The second-order valence-electron chi connectivity index (χ2n) is 5.34. The van der Waals surface area contributed by atoms with Crippen molar-refractivity contribution >= 4 is 11.7 Å². The third kappa shape index (κ3) is 5.93. The quantitative estimate of drug-likeness (QED) is 0.735. The molecule has 0 bridgehead atoms. The number of amides is 2. The van der Waals surface area contributed by atoms with Crippen molar-refractivity contribution in [2.75, 3.05) is 31.6 Å². The highest BCUT2D eigenvalue weighted by molar-refractivity contribution is 5.91. The van der Waals surface area contributed by atoms with E-state index in [0.29, 0.717) is 31.1 Å². The molecule has 1 aromatic carbocycles. The molecule has 0 heterocycles. The molecule has 5 nitrogen and oxygen atoms in total. The number of aliphatic hydroxyl groups is 1. The summed E-state index contributed by atoms with van der Waals surface area (Å²) in [7, 11) is 0. The van der Waals surface area contributed by atoms with Gasteiger partial charge in [0.05, 0.1) is 18.9 Å². The Labute approximate surface area is 133 Å². The number of rotatable bonds is 9. The normalized spacial score (nSPS) is 10.4. The van der Waals surface area contributed by atoms with Gasteiger partial charge in [-0.1, -0.05) is 26.3 Å². The molecule has 0 aliphatic heterocycles. The predicted octanol–water partition coefficient (Wildman–Crippen LogP) is 3.41. The minimum absolute atomic E-state index is 0.0375. The summed E-state index contributed by atoms with van der Waals surface area (Å²) in [5.74, 6) is 0.689. The Bertz CT molecular complexity index is 463. The first kappa shape index (κ1) is 18.3.